The molecule has 114 valence electrons. The number of unbranched alkanes of at least 4 members (excludes halogenated alkanes) is 2. The van der Waals surface area contributed by atoms with Crippen molar-refractivity contribution in [2.45, 2.75) is 63.8 Å². The van der Waals surface area contributed by atoms with Gasteiger partial charge < -0.3 is 14.4 Å². The van der Waals surface area contributed by atoms with E-state index >= 15 is 0 Å². The first-order valence-corrected chi connectivity index (χ1v) is 8.04. The van der Waals surface area contributed by atoms with E-state index in [-0.39, 0.29) is 30.0 Å². The van der Waals surface area contributed by atoms with Crippen LogP contribution in [0, 0.1) is 11.8 Å². The van der Waals surface area contributed by atoms with Crippen LogP contribution in [0.2, 0.25) is 0 Å². The Kier molecular flexibility index (Phi) is 6.01. The van der Waals surface area contributed by atoms with Gasteiger partial charge in [0.25, 0.3) is 0 Å². The Labute approximate surface area is 123 Å². The largest absolute Gasteiger partial charge is 0.462 e. The predicted octanol–water partition coefficient (Wildman–Crippen LogP) is 2.61. The highest BCUT2D eigenvalue weighted by molar-refractivity contribution is 7.09. The van der Waals surface area contributed by atoms with Crippen molar-refractivity contribution in [3.8, 4) is 0 Å². The molecule has 1 unspecified atom stereocenters. The van der Waals surface area contributed by atoms with Crippen LogP contribution in [-0.2, 0) is 14.1 Å². The molecule has 20 heavy (non-hydrogen) atoms. The molecule has 1 aliphatic heterocycles. The Bertz CT molecular complexity index is 358. The second-order valence-corrected chi connectivity index (χ2v) is 6.10. The third-order valence-electron chi connectivity index (χ3n) is 4.38. The summed E-state index contributed by atoms with van der Waals surface area (Å²) in [4.78, 5) is 11.4. The van der Waals surface area contributed by atoms with Gasteiger partial charge in [-0.25, -0.2) is 0 Å². The predicted molar refractivity (Wildman–Crippen MR) is 80.0 cm³/mol. The van der Waals surface area contributed by atoms with E-state index in [9.17, 15) is 9.90 Å². The van der Waals surface area contributed by atoms with E-state index in [1.807, 2.05) is 12.2 Å². The molecule has 0 aromatic rings. The number of aliphatic hydroxyl groups excluding tert-OH is 1. The van der Waals surface area contributed by atoms with E-state index in [4.69, 9.17) is 9.26 Å². The lowest BCUT2D eigenvalue weighted by molar-refractivity contribution is -0.141. The van der Waals surface area contributed by atoms with Gasteiger partial charge in [-0.1, -0.05) is 38.3 Å². The lowest BCUT2D eigenvalue weighted by Crippen LogP contribution is -2.19. The molecule has 0 bridgehead atoms. The number of hydrogen-bond donors (Lipinski definition) is 1. The fourth-order valence-corrected chi connectivity index (χ4v) is 3.56. The Morgan fingerprint density at radius 3 is 3.05 bits per heavy atom. The number of hydrogen-bond acceptors (Lipinski definition) is 4. The Morgan fingerprint density at radius 1 is 1.55 bits per heavy atom. The molecule has 1 aliphatic carbocycles. The molecule has 1 saturated carbocycles. The van der Waals surface area contributed by atoms with E-state index in [0.29, 0.717) is 6.42 Å². The molecule has 0 radical (unpaired) electrons. The minimum Gasteiger partial charge on any atom is -0.462 e. The Morgan fingerprint density at radius 2 is 2.35 bits per heavy atom. The van der Waals surface area contributed by atoms with Crippen molar-refractivity contribution in [2.24, 2.45) is 11.8 Å². The minimum atomic E-state index is -0.399. The number of rotatable bonds is 7. The van der Waals surface area contributed by atoms with Gasteiger partial charge in [0.2, 0.25) is 0 Å². The maximum absolute atomic E-state index is 11.4. The molecule has 5 heteroatoms. The normalized spacial score (nSPS) is 34.5. The summed E-state index contributed by atoms with van der Waals surface area (Å²) in [6.45, 7) is 2.15. The second kappa shape index (κ2) is 7.53. The summed E-state index contributed by atoms with van der Waals surface area (Å²) >= 11 is 0. The van der Waals surface area contributed by atoms with Crippen LogP contribution in [0.15, 0.2) is 12.2 Å². The first-order valence-electron chi connectivity index (χ1n) is 7.57. The van der Waals surface area contributed by atoms with Gasteiger partial charge in [-0.2, -0.15) is 0 Å². The molecule has 0 aromatic carbocycles. The Balaban J connectivity index is 1.90. The average molecular weight is 300 g/mol. The molecule has 1 saturated heterocycles. The van der Waals surface area contributed by atoms with E-state index in [1.54, 1.807) is 0 Å². The minimum absolute atomic E-state index is 0.0139. The van der Waals surface area contributed by atoms with E-state index < -0.39 is 6.10 Å². The highest BCUT2D eigenvalue weighted by Crippen LogP contribution is 2.44. The van der Waals surface area contributed by atoms with Gasteiger partial charge in [0.05, 0.1) is 18.6 Å². The number of aliphatic hydroxyl groups is 1. The van der Waals surface area contributed by atoms with Gasteiger partial charge in [0.1, 0.15) is 6.10 Å². The van der Waals surface area contributed by atoms with Crippen LogP contribution in [0.25, 0.3) is 0 Å². The van der Waals surface area contributed by atoms with Gasteiger partial charge in [0, 0.05) is 27.7 Å². The zero-order valence-corrected chi connectivity index (χ0v) is 13.2. The zero-order chi connectivity index (χ0) is 14.5. The quantitative estimate of drug-likeness (QED) is 0.340. The van der Waals surface area contributed by atoms with Crippen molar-refractivity contribution in [3.63, 3.8) is 0 Å². The lowest BCUT2D eigenvalue weighted by atomic mass is 9.91. The van der Waals surface area contributed by atoms with E-state index in [2.05, 4.69) is 16.4 Å². The molecule has 1 heterocycles. The first kappa shape index (κ1) is 15.9. The molecule has 4 nitrogen and oxygen atoms in total. The molecule has 1 N–H and O–H groups in total. The lowest BCUT2D eigenvalue weighted by Gasteiger charge is -2.18. The maximum atomic E-state index is 11.4. The van der Waals surface area contributed by atoms with Gasteiger partial charge in [-0.15, -0.1) is 0 Å². The fourth-order valence-electron chi connectivity index (χ4n) is 3.27. The second-order valence-electron chi connectivity index (χ2n) is 5.83. The van der Waals surface area contributed by atoms with Crippen molar-refractivity contribution in [2.75, 3.05) is 0 Å². The van der Waals surface area contributed by atoms with Crippen molar-refractivity contribution in [1.29, 1.82) is 0 Å². The van der Waals surface area contributed by atoms with Crippen LogP contribution in [0.4, 0.5) is 0 Å². The zero-order valence-electron chi connectivity index (χ0n) is 12.0. The molecule has 2 rings (SSSR count). The fraction of sp³-hybridized carbons (Fsp3) is 0.800. The SMILES string of the molecule is CCCCC[C@H](O)/C=C/[C@@H]1[C@H]2CC(=O)O[C@H]2C[C@H]1OP. The van der Waals surface area contributed by atoms with Gasteiger partial charge in [0.15, 0.2) is 0 Å². The third-order valence-corrected chi connectivity index (χ3v) is 4.73. The molecule has 0 spiro atoms. The van der Waals surface area contributed by atoms with Gasteiger partial charge in [-0.05, 0) is 6.42 Å². The van der Waals surface area contributed by atoms with Crippen molar-refractivity contribution < 1.29 is 19.2 Å². The van der Waals surface area contributed by atoms with E-state index in [0.717, 1.165) is 32.1 Å². The van der Waals surface area contributed by atoms with Gasteiger partial charge in [-0.3, -0.25) is 4.79 Å². The van der Waals surface area contributed by atoms with Gasteiger partial charge >= 0.3 is 5.97 Å². The standard InChI is InChI=1S/C15H25O4P/c1-2-3-4-5-10(16)6-7-11-12-8-15(17)18-13(12)9-14(11)19-20/h6-7,10-14,16H,2-5,8-9,20H2,1H3/b7-6+/t10-,11+,12+,13-,14+/m0/s1. The summed E-state index contributed by atoms with van der Waals surface area (Å²) in [5.74, 6) is 0.251. The highest BCUT2D eigenvalue weighted by Gasteiger charge is 2.49. The molecule has 2 aliphatic rings. The van der Waals surface area contributed by atoms with Crippen LogP contribution >= 0.6 is 9.47 Å². The molecular weight excluding hydrogens is 275 g/mol. The van der Waals surface area contributed by atoms with E-state index in [1.165, 1.54) is 0 Å². The number of fused-ring (bicyclic) bond motifs is 1. The molecule has 0 amide bonds. The van der Waals surface area contributed by atoms with Crippen LogP contribution in [0.1, 0.15) is 45.4 Å². The average Bonchev–Trinajstić information content (AvgIpc) is 2.92. The topological polar surface area (TPSA) is 55.8 Å². The van der Waals surface area contributed by atoms with Crippen molar-refractivity contribution >= 4 is 15.4 Å². The molecule has 0 aromatic heterocycles. The number of carbonyl (C=O) groups excluding carboxylic acids is 1. The van der Waals surface area contributed by atoms with Crippen LogP contribution in [0.3, 0.4) is 0 Å². The van der Waals surface area contributed by atoms with Crippen LogP contribution in [-0.4, -0.2) is 29.4 Å². The smallest absolute Gasteiger partial charge is 0.306 e. The van der Waals surface area contributed by atoms with Crippen LogP contribution < -0.4 is 0 Å². The third kappa shape index (κ3) is 3.81. The number of esters is 1. The summed E-state index contributed by atoms with van der Waals surface area (Å²) in [6, 6.07) is 0. The maximum Gasteiger partial charge on any atom is 0.306 e. The molecule has 2 fully saturated rings. The summed E-state index contributed by atoms with van der Waals surface area (Å²) in [5, 5.41) is 9.96. The highest BCUT2D eigenvalue weighted by atomic mass is 31.0. The summed E-state index contributed by atoms with van der Waals surface area (Å²) in [7, 11) is 2.31. The molecule has 6 atom stereocenters. The summed E-state index contributed by atoms with van der Waals surface area (Å²) in [5.41, 5.74) is 0. The molecular formula is C15H25O4P. The monoisotopic (exact) mass is 300 g/mol. The van der Waals surface area contributed by atoms with Crippen LogP contribution in [0.5, 0.6) is 0 Å². The number of ether oxygens (including phenoxy) is 1. The Hall–Kier alpha value is -0.440. The van der Waals surface area contributed by atoms with Crippen molar-refractivity contribution in [3.05, 3.63) is 12.2 Å². The summed E-state index contributed by atoms with van der Waals surface area (Å²) in [6.07, 6.45) is 8.91. The number of carbonyl (C=O) groups is 1. The van der Waals surface area contributed by atoms with Crippen molar-refractivity contribution in [1.82, 2.24) is 0 Å². The summed E-state index contributed by atoms with van der Waals surface area (Å²) < 4.78 is 10.7. The first-order chi connectivity index (χ1) is 9.65.